The van der Waals surface area contributed by atoms with Crippen molar-refractivity contribution in [2.24, 2.45) is 5.10 Å². The molecule has 2 aromatic rings. The second-order valence-corrected chi connectivity index (χ2v) is 6.64. The van der Waals surface area contributed by atoms with E-state index in [0.29, 0.717) is 5.69 Å². The van der Waals surface area contributed by atoms with Crippen LogP contribution in [0.15, 0.2) is 57.1 Å². The first-order valence-electron chi connectivity index (χ1n) is 5.70. The lowest BCUT2D eigenvalue weighted by atomic mass is 10.2. The molecule has 20 heavy (non-hydrogen) atoms. The fourth-order valence-electron chi connectivity index (χ4n) is 1.40. The number of rotatable bonds is 4. The fraction of sp³-hybridized carbons (Fsp3) is 0.0769. The Labute approximate surface area is 125 Å². The lowest BCUT2D eigenvalue weighted by molar-refractivity contribution is 0.584. The maximum absolute atomic E-state index is 11.9. The SMILES string of the molecule is Cc1ccc(S(=O)(=O)N/N=C/c2ccc(Br)cn2)cc1. The van der Waals surface area contributed by atoms with Gasteiger partial charge in [-0.05, 0) is 47.1 Å². The topological polar surface area (TPSA) is 71.4 Å². The maximum Gasteiger partial charge on any atom is 0.276 e. The van der Waals surface area contributed by atoms with Gasteiger partial charge in [-0.25, -0.2) is 4.83 Å². The molecular formula is C13H12BrN3O2S. The van der Waals surface area contributed by atoms with Gasteiger partial charge in [-0.15, -0.1) is 0 Å². The standard InChI is InChI=1S/C13H12BrN3O2S/c1-10-2-6-13(7-3-10)20(18,19)17-16-9-12-5-4-11(14)8-15-12/h2-9,17H,1H3/b16-9+. The second-order valence-electron chi connectivity index (χ2n) is 4.07. The first-order chi connectivity index (χ1) is 9.47. The normalized spacial score (nSPS) is 11.7. The molecule has 2 rings (SSSR count). The molecule has 0 aliphatic rings. The fourth-order valence-corrected chi connectivity index (χ4v) is 2.42. The van der Waals surface area contributed by atoms with Crippen LogP contribution in [0, 0.1) is 6.92 Å². The van der Waals surface area contributed by atoms with Gasteiger partial charge in [0.05, 0.1) is 16.8 Å². The summed E-state index contributed by atoms with van der Waals surface area (Å²) < 4.78 is 24.7. The van der Waals surface area contributed by atoms with Crippen molar-refractivity contribution in [3.05, 3.63) is 58.3 Å². The van der Waals surface area contributed by atoms with Crippen LogP contribution < -0.4 is 4.83 Å². The average molecular weight is 354 g/mol. The Balaban J connectivity index is 2.09. The first kappa shape index (κ1) is 14.7. The number of aromatic nitrogens is 1. The number of hydrogen-bond acceptors (Lipinski definition) is 4. The molecule has 0 radical (unpaired) electrons. The molecule has 7 heteroatoms. The number of benzene rings is 1. The van der Waals surface area contributed by atoms with E-state index in [-0.39, 0.29) is 4.90 Å². The number of nitrogens with one attached hydrogen (secondary N) is 1. The molecule has 0 saturated carbocycles. The number of hydrazone groups is 1. The second kappa shape index (κ2) is 6.15. The van der Waals surface area contributed by atoms with E-state index in [4.69, 9.17) is 0 Å². The van der Waals surface area contributed by atoms with Gasteiger partial charge in [-0.1, -0.05) is 17.7 Å². The third-order valence-corrected chi connectivity index (χ3v) is 4.16. The zero-order chi connectivity index (χ0) is 14.6. The van der Waals surface area contributed by atoms with E-state index < -0.39 is 10.0 Å². The first-order valence-corrected chi connectivity index (χ1v) is 7.98. The Bertz CT molecular complexity index is 710. The highest BCUT2D eigenvalue weighted by Crippen LogP contribution is 2.10. The summed E-state index contributed by atoms with van der Waals surface area (Å²) >= 11 is 3.26. The van der Waals surface area contributed by atoms with Crippen molar-refractivity contribution < 1.29 is 8.42 Å². The molecule has 0 spiro atoms. The molecule has 1 aromatic heterocycles. The molecule has 0 fully saturated rings. The van der Waals surface area contributed by atoms with E-state index in [1.54, 1.807) is 30.5 Å². The predicted octanol–water partition coefficient (Wildman–Crippen LogP) is 2.46. The van der Waals surface area contributed by atoms with Crippen molar-refractivity contribution in [1.82, 2.24) is 9.82 Å². The van der Waals surface area contributed by atoms with Gasteiger partial charge in [-0.3, -0.25) is 4.98 Å². The van der Waals surface area contributed by atoms with E-state index in [2.05, 4.69) is 30.8 Å². The van der Waals surface area contributed by atoms with E-state index in [1.165, 1.54) is 18.3 Å². The van der Waals surface area contributed by atoms with E-state index in [1.807, 2.05) is 6.92 Å². The molecule has 0 aliphatic heterocycles. The van der Waals surface area contributed by atoms with Crippen LogP contribution in [-0.4, -0.2) is 19.6 Å². The van der Waals surface area contributed by atoms with Gasteiger partial charge in [-0.2, -0.15) is 13.5 Å². The minimum atomic E-state index is -3.64. The Morgan fingerprint density at radius 2 is 1.90 bits per heavy atom. The number of aryl methyl sites for hydroxylation is 1. The van der Waals surface area contributed by atoms with Crippen LogP contribution in [0.4, 0.5) is 0 Å². The summed E-state index contributed by atoms with van der Waals surface area (Å²) in [6, 6.07) is 10.0. The zero-order valence-electron chi connectivity index (χ0n) is 10.6. The van der Waals surface area contributed by atoms with Gasteiger partial charge in [0.1, 0.15) is 0 Å². The highest BCUT2D eigenvalue weighted by atomic mass is 79.9. The minimum absolute atomic E-state index is 0.170. The van der Waals surface area contributed by atoms with E-state index in [9.17, 15) is 8.42 Å². The minimum Gasteiger partial charge on any atom is -0.254 e. The molecule has 1 aromatic carbocycles. The Kier molecular flexibility index (Phi) is 4.51. The summed E-state index contributed by atoms with van der Waals surface area (Å²) in [6.45, 7) is 1.89. The van der Waals surface area contributed by atoms with Crippen LogP contribution in [-0.2, 0) is 10.0 Å². The summed E-state index contributed by atoms with van der Waals surface area (Å²) in [4.78, 5) is 6.37. The van der Waals surface area contributed by atoms with Gasteiger partial charge >= 0.3 is 0 Å². The van der Waals surface area contributed by atoms with Crippen molar-refractivity contribution in [1.29, 1.82) is 0 Å². The maximum atomic E-state index is 11.9. The number of nitrogens with zero attached hydrogens (tertiary/aromatic N) is 2. The molecule has 0 aliphatic carbocycles. The van der Waals surface area contributed by atoms with E-state index in [0.717, 1.165) is 10.0 Å². The molecule has 0 amide bonds. The van der Waals surface area contributed by atoms with Crippen LogP contribution in [0.3, 0.4) is 0 Å². The summed E-state index contributed by atoms with van der Waals surface area (Å²) in [6.07, 6.45) is 2.95. The van der Waals surface area contributed by atoms with Gasteiger partial charge in [0.15, 0.2) is 0 Å². The van der Waals surface area contributed by atoms with Gasteiger partial charge < -0.3 is 0 Å². The highest BCUT2D eigenvalue weighted by Gasteiger charge is 2.11. The number of hydrogen-bond donors (Lipinski definition) is 1. The molecular weight excluding hydrogens is 342 g/mol. The largest absolute Gasteiger partial charge is 0.276 e. The van der Waals surface area contributed by atoms with Crippen molar-refractivity contribution >= 4 is 32.2 Å². The lowest BCUT2D eigenvalue weighted by Gasteiger charge is -2.03. The van der Waals surface area contributed by atoms with Crippen LogP contribution >= 0.6 is 15.9 Å². The van der Waals surface area contributed by atoms with E-state index >= 15 is 0 Å². The Morgan fingerprint density at radius 3 is 2.50 bits per heavy atom. The highest BCUT2D eigenvalue weighted by molar-refractivity contribution is 9.10. The molecule has 0 bridgehead atoms. The molecule has 1 N–H and O–H groups in total. The predicted molar refractivity (Wildman–Crippen MR) is 81.0 cm³/mol. The molecule has 5 nitrogen and oxygen atoms in total. The third-order valence-electron chi connectivity index (χ3n) is 2.45. The molecule has 0 saturated heterocycles. The van der Waals surface area contributed by atoms with Crippen molar-refractivity contribution in [3.63, 3.8) is 0 Å². The van der Waals surface area contributed by atoms with Crippen LogP contribution in [0.2, 0.25) is 0 Å². The van der Waals surface area contributed by atoms with Crippen molar-refractivity contribution in [2.75, 3.05) is 0 Å². The molecule has 0 atom stereocenters. The van der Waals surface area contributed by atoms with Gasteiger partial charge in [0, 0.05) is 10.7 Å². The quantitative estimate of drug-likeness (QED) is 0.677. The summed E-state index contributed by atoms with van der Waals surface area (Å²) in [5.74, 6) is 0. The number of sulfonamides is 1. The molecule has 0 unspecified atom stereocenters. The third kappa shape index (κ3) is 3.88. The molecule has 1 heterocycles. The lowest BCUT2D eigenvalue weighted by Crippen LogP contribution is -2.18. The van der Waals surface area contributed by atoms with Gasteiger partial charge in [0.2, 0.25) is 0 Å². The Hall–Kier alpha value is -1.73. The van der Waals surface area contributed by atoms with Crippen molar-refractivity contribution in [3.8, 4) is 0 Å². The van der Waals surface area contributed by atoms with Crippen LogP contribution in [0.25, 0.3) is 0 Å². The van der Waals surface area contributed by atoms with Crippen molar-refractivity contribution in [2.45, 2.75) is 11.8 Å². The molecule has 104 valence electrons. The smallest absolute Gasteiger partial charge is 0.254 e. The number of halogens is 1. The van der Waals surface area contributed by atoms with Crippen LogP contribution in [0.1, 0.15) is 11.3 Å². The monoisotopic (exact) mass is 353 g/mol. The average Bonchev–Trinajstić information content (AvgIpc) is 2.41. The summed E-state index contributed by atoms with van der Waals surface area (Å²) in [7, 11) is -3.64. The summed E-state index contributed by atoms with van der Waals surface area (Å²) in [5.41, 5.74) is 1.55. The Morgan fingerprint density at radius 1 is 1.20 bits per heavy atom. The summed E-state index contributed by atoms with van der Waals surface area (Å²) in [5, 5.41) is 3.70. The number of pyridine rings is 1. The zero-order valence-corrected chi connectivity index (χ0v) is 13.0. The van der Waals surface area contributed by atoms with Gasteiger partial charge in [0.25, 0.3) is 10.0 Å². The van der Waals surface area contributed by atoms with Crippen LogP contribution in [0.5, 0.6) is 0 Å².